The van der Waals surface area contributed by atoms with Crippen molar-refractivity contribution in [2.45, 2.75) is 85.0 Å². The van der Waals surface area contributed by atoms with Gasteiger partial charge in [-0.3, -0.25) is 4.79 Å². The Kier molecular flexibility index (Phi) is 4.77. The second kappa shape index (κ2) is 6.67. The molecule has 5 unspecified atom stereocenters. The molecule has 146 valence electrons. The molecule has 0 radical (unpaired) electrons. The SMILES string of the molecule is C[C@H](CCC(=O)O)C1CC[C@H]2C3CCC4CCCCC4(C)[C@H]3C=CC12C. The van der Waals surface area contributed by atoms with Gasteiger partial charge in [0.25, 0.3) is 0 Å². The molecule has 2 heteroatoms. The molecule has 0 aliphatic heterocycles. The summed E-state index contributed by atoms with van der Waals surface area (Å²) in [7, 11) is 0. The molecule has 3 fully saturated rings. The van der Waals surface area contributed by atoms with Crippen LogP contribution in [0.1, 0.15) is 85.0 Å². The van der Waals surface area contributed by atoms with Crippen molar-refractivity contribution in [2.75, 3.05) is 0 Å². The third-order valence-corrected chi connectivity index (χ3v) is 9.59. The maximum absolute atomic E-state index is 11.0. The van der Waals surface area contributed by atoms with E-state index in [9.17, 15) is 4.79 Å². The van der Waals surface area contributed by atoms with Gasteiger partial charge in [-0.1, -0.05) is 45.8 Å². The Labute approximate surface area is 159 Å². The van der Waals surface area contributed by atoms with Crippen LogP contribution in [0, 0.1) is 46.3 Å². The number of aliphatic carboxylic acids is 1. The van der Waals surface area contributed by atoms with Crippen molar-refractivity contribution in [1.29, 1.82) is 0 Å². The summed E-state index contributed by atoms with van der Waals surface area (Å²) < 4.78 is 0. The lowest BCUT2D eigenvalue weighted by Crippen LogP contribution is -2.50. The van der Waals surface area contributed by atoms with Gasteiger partial charge >= 0.3 is 5.97 Å². The summed E-state index contributed by atoms with van der Waals surface area (Å²) in [5.41, 5.74) is 0.850. The minimum Gasteiger partial charge on any atom is -0.481 e. The molecule has 4 aliphatic rings. The van der Waals surface area contributed by atoms with Gasteiger partial charge in [0, 0.05) is 6.42 Å². The zero-order valence-corrected chi connectivity index (χ0v) is 17.0. The molecule has 0 heterocycles. The van der Waals surface area contributed by atoms with Gasteiger partial charge in [-0.2, -0.15) is 0 Å². The highest BCUT2D eigenvalue weighted by molar-refractivity contribution is 5.66. The van der Waals surface area contributed by atoms with Crippen molar-refractivity contribution in [3.8, 4) is 0 Å². The Morgan fingerprint density at radius 1 is 1.15 bits per heavy atom. The predicted molar refractivity (Wildman–Crippen MR) is 106 cm³/mol. The van der Waals surface area contributed by atoms with Crippen molar-refractivity contribution >= 4 is 5.97 Å². The molecule has 1 N–H and O–H groups in total. The number of hydrogen-bond donors (Lipinski definition) is 1. The second-order valence-electron chi connectivity index (χ2n) is 10.6. The first-order valence-electron chi connectivity index (χ1n) is 11.3. The zero-order valence-electron chi connectivity index (χ0n) is 17.0. The predicted octanol–water partition coefficient (Wildman–Crippen LogP) is 6.31. The van der Waals surface area contributed by atoms with Crippen LogP contribution in [0.2, 0.25) is 0 Å². The maximum atomic E-state index is 11.0. The van der Waals surface area contributed by atoms with Crippen molar-refractivity contribution < 1.29 is 9.90 Å². The third kappa shape index (κ3) is 2.78. The summed E-state index contributed by atoms with van der Waals surface area (Å²) in [5.74, 6) is 4.01. The lowest BCUT2D eigenvalue weighted by Gasteiger charge is -2.58. The highest BCUT2D eigenvalue weighted by Gasteiger charge is 2.58. The van der Waals surface area contributed by atoms with E-state index in [1.807, 2.05) is 0 Å². The molecule has 0 aromatic heterocycles. The summed E-state index contributed by atoms with van der Waals surface area (Å²) in [6.07, 6.45) is 17.8. The van der Waals surface area contributed by atoms with Gasteiger partial charge in [0.15, 0.2) is 0 Å². The Hall–Kier alpha value is -0.790. The Balaban J connectivity index is 1.57. The largest absolute Gasteiger partial charge is 0.481 e. The molecule has 3 saturated carbocycles. The molecular weight excluding hydrogens is 320 g/mol. The van der Waals surface area contributed by atoms with Gasteiger partial charge in [0.05, 0.1) is 0 Å². The smallest absolute Gasteiger partial charge is 0.303 e. The lowest BCUT2D eigenvalue weighted by molar-refractivity contribution is -0.137. The Bertz CT molecular complexity index is 581. The van der Waals surface area contributed by atoms with Crippen LogP contribution < -0.4 is 0 Å². The molecule has 4 aliphatic carbocycles. The molecule has 0 saturated heterocycles. The number of hydrogen-bond acceptors (Lipinski definition) is 1. The van der Waals surface area contributed by atoms with Crippen molar-refractivity contribution in [3.05, 3.63) is 12.2 Å². The van der Waals surface area contributed by atoms with E-state index < -0.39 is 5.97 Å². The second-order valence-corrected chi connectivity index (χ2v) is 10.6. The highest BCUT2D eigenvalue weighted by Crippen LogP contribution is 2.66. The van der Waals surface area contributed by atoms with Gasteiger partial charge in [-0.15, -0.1) is 0 Å². The van der Waals surface area contributed by atoms with Crippen LogP contribution in [0.15, 0.2) is 12.2 Å². The monoisotopic (exact) mass is 358 g/mol. The van der Waals surface area contributed by atoms with Gasteiger partial charge in [0.1, 0.15) is 0 Å². The number of rotatable bonds is 4. The van der Waals surface area contributed by atoms with Crippen molar-refractivity contribution in [2.24, 2.45) is 46.3 Å². The topological polar surface area (TPSA) is 37.3 Å². The van der Waals surface area contributed by atoms with Crippen LogP contribution in [-0.4, -0.2) is 11.1 Å². The first kappa shape index (κ1) is 18.6. The van der Waals surface area contributed by atoms with Gasteiger partial charge in [-0.05, 0) is 91.3 Å². The summed E-state index contributed by atoms with van der Waals surface area (Å²) in [6.45, 7) is 7.43. The fourth-order valence-electron chi connectivity index (χ4n) is 8.16. The average molecular weight is 359 g/mol. The standard InChI is InChI=1S/C24H38O2/c1-16(7-12-22(25)26)19-10-11-20-18-9-8-17-6-4-5-14-23(17,2)21(18)13-15-24(19,20)3/h13,15-21H,4-12,14H2,1-3H3,(H,25,26)/t16-,17?,18?,19?,20+,21+,23?,24?/m1/s1. The third-order valence-electron chi connectivity index (χ3n) is 9.59. The van der Waals surface area contributed by atoms with Crippen LogP contribution in [0.3, 0.4) is 0 Å². The van der Waals surface area contributed by atoms with Crippen LogP contribution in [0.25, 0.3) is 0 Å². The van der Waals surface area contributed by atoms with Crippen molar-refractivity contribution in [1.82, 2.24) is 0 Å². The first-order chi connectivity index (χ1) is 12.4. The van der Waals surface area contributed by atoms with E-state index >= 15 is 0 Å². The molecule has 26 heavy (non-hydrogen) atoms. The molecule has 0 bridgehead atoms. The Morgan fingerprint density at radius 2 is 1.96 bits per heavy atom. The number of carbonyl (C=O) groups is 1. The fourth-order valence-corrected chi connectivity index (χ4v) is 8.16. The maximum Gasteiger partial charge on any atom is 0.303 e. The lowest BCUT2D eigenvalue weighted by atomic mass is 9.46. The van der Waals surface area contributed by atoms with Gasteiger partial charge < -0.3 is 5.11 Å². The van der Waals surface area contributed by atoms with E-state index in [2.05, 4.69) is 32.9 Å². The minimum absolute atomic E-state index is 0.303. The van der Waals surface area contributed by atoms with Crippen LogP contribution in [0.4, 0.5) is 0 Å². The van der Waals surface area contributed by atoms with Crippen molar-refractivity contribution in [3.63, 3.8) is 0 Å². The average Bonchev–Trinajstić information content (AvgIpc) is 2.96. The van der Waals surface area contributed by atoms with E-state index in [1.165, 1.54) is 51.4 Å². The number of allylic oxidation sites excluding steroid dienone is 2. The van der Waals surface area contributed by atoms with Crippen LogP contribution in [-0.2, 0) is 4.79 Å². The fraction of sp³-hybridized carbons (Fsp3) is 0.875. The molecule has 0 aromatic rings. The van der Waals surface area contributed by atoms with Crippen LogP contribution >= 0.6 is 0 Å². The molecular formula is C24H38O2. The minimum atomic E-state index is -0.639. The van der Waals surface area contributed by atoms with Gasteiger partial charge in [0.2, 0.25) is 0 Å². The van der Waals surface area contributed by atoms with E-state index in [4.69, 9.17) is 5.11 Å². The first-order valence-corrected chi connectivity index (χ1v) is 11.3. The summed E-state index contributed by atoms with van der Waals surface area (Å²) in [4.78, 5) is 11.0. The quantitative estimate of drug-likeness (QED) is 0.598. The Morgan fingerprint density at radius 3 is 2.73 bits per heavy atom. The molecule has 8 atom stereocenters. The number of carboxylic acid groups (broad SMARTS) is 1. The number of fused-ring (bicyclic) bond motifs is 5. The highest BCUT2D eigenvalue weighted by atomic mass is 16.4. The van der Waals surface area contributed by atoms with E-state index in [0.29, 0.717) is 29.1 Å². The summed E-state index contributed by atoms with van der Waals surface area (Å²) in [5, 5.41) is 9.08. The number of carboxylic acids is 1. The summed E-state index contributed by atoms with van der Waals surface area (Å²) in [6, 6.07) is 0. The van der Waals surface area contributed by atoms with E-state index in [0.717, 1.165) is 30.1 Å². The molecule has 0 amide bonds. The van der Waals surface area contributed by atoms with Crippen LogP contribution in [0.5, 0.6) is 0 Å². The summed E-state index contributed by atoms with van der Waals surface area (Å²) >= 11 is 0. The molecule has 0 spiro atoms. The molecule has 2 nitrogen and oxygen atoms in total. The van der Waals surface area contributed by atoms with E-state index in [1.54, 1.807) is 0 Å². The zero-order chi connectivity index (χ0) is 18.5. The van der Waals surface area contributed by atoms with Gasteiger partial charge in [-0.25, -0.2) is 0 Å². The normalized spacial score (nSPS) is 48.3. The molecule has 4 rings (SSSR count). The van der Waals surface area contributed by atoms with E-state index in [-0.39, 0.29) is 0 Å². The molecule has 0 aromatic carbocycles.